The first-order valence-electron chi connectivity index (χ1n) is 6.49. The number of nitrogens with two attached hydrogens (primary N) is 1. The summed E-state index contributed by atoms with van der Waals surface area (Å²) in [6.45, 7) is 3.95. The van der Waals surface area contributed by atoms with Gasteiger partial charge in [-0.1, -0.05) is 6.92 Å². The lowest BCUT2D eigenvalue weighted by Crippen LogP contribution is -2.37. The van der Waals surface area contributed by atoms with Crippen molar-refractivity contribution < 1.29 is 18.7 Å². The van der Waals surface area contributed by atoms with Crippen molar-refractivity contribution in [1.82, 2.24) is 4.90 Å². The molecule has 2 N–H and O–H groups in total. The predicted octanol–water partition coefficient (Wildman–Crippen LogP) is 1.82. The maximum atomic E-state index is 13.7. The largest absolute Gasteiger partial charge is 0.465 e. The van der Waals surface area contributed by atoms with Gasteiger partial charge >= 0.3 is 5.97 Å². The molecule has 0 bridgehead atoms. The minimum atomic E-state index is -0.694. The third kappa shape index (κ3) is 4.22. The molecule has 6 heteroatoms. The molecule has 0 radical (unpaired) electrons. The minimum absolute atomic E-state index is 0.100. The number of hydrogen-bond donors (Lipinski definition) is 1. The fraction of sp³-hybridized carbons (Fsp3) is 0.429. The molecule has 0 saturated heterocycles. The van der Waals surface area contributed by atoms with Gasteiger partial charge in [-0.3, -0.25) is 9.59 Å². The maximum absolute atomic E-state index is 13.7. The molecule has 0 fully saturated rings. The lowest BCUT2D eigenvalue weighted by atomic mass is 10.1. The van der Waals surface area contributed by atoms with E-state index in [1.165, 1.54) is 17.0 Å². The molecule has 0 heterocycles. The second kappa shape index (κ2) is 7.47. The molecule has 0 aliphatic rings. The van der Waals surface area contributed by atoms with E-state index in [4.69, 9.17) is 10.5 Å². The number of nitrogen functional groups attached to an aromatic ring is 1. The lowest BCUT2D eigenvalue weighted by molar-refractivity contribution is -0.143. The van der Waals surface area contributed by atoms with Crippen LogP contribution in [0, 0.1) is 5.82 Å². The SMILES string of the molecule is CCCN(CC(=O)OCC)C(=O)c1ccc(N)cc1F. The molecular formula is C14H19FN2O3. The molecule has 0 spiro atoms. The van der Waals surface area contributed by atoms with Crippen LogP contribution in [0.3, 0.4) is 0 Å². The van der Waals surface area contributed by atoms with Gasteiger partial charge in [-0.2, -0.15) is 0 Å². The lowest BCUT2D eigenvalue weighted by Gasteiger charge is -2.21. The number of carbonyl (C=O) groups is 2. The van der Waals surface area contributed by atoms with E-state index in [1.807, 2.05) is 6.92 Å². The normalized spacial score (nSPS) is 10.2. The number of anilines is 1. The molecule has 0 atom stereocenters. The van der Waals surface area contributed by atoms with Gasteiger partial charge in [-0.25, -0.2) is 4.39 Å². The Hall–Kier alpha value is -2.11. The number of amides is 1. The molecule has 1 rings (SSSR count). The number of esters is 1. The minimum Gasteiger partial charge on any atom is -0.465 e. The highest BCUT2D eigenvalue weighted by Gasteiger charge is 2.21. The van der Waals surface area contributed by atoms with Crippen molar-refractivity contribution in [3.05, 3.63) is 29.6 Å². The van der Waals surface area contributed by atoms with Crippen molar-refractivity contribution in [3.63, 3.8) is 0 Å². The Kier molecular flexibility index (Phi) is 5.96. The third-order valence-electron chi connectivity index (χ3n) is 2.63. The average molecular weight is 282 g/mol. The van der Waals surface area contributed by atoms with E-state index in [0.717, 1.165) is 6.07 Å². The van der Waals surface area contributed by atoms with Crippen LogP contribution in [-0.4, -0.2) is 36.5 Å². The zero-order valence-corrected chi connectivity index (χ0v) is 11.7. The van der Waals surface area contributed by atoms with Gasteiger partial charge in [0, 0.05) is 12.2 Å². The van der Waals surface area contributed by atoms with Crippen LogP contribution in [0.2, 0.25) is 0 Å². The molecule has 5 nitrogen and oxygen atoms in total. The van der Waals surface area contributed by atoms with Gasteiger partial charge in [0.25, 0.3) is 5.91 Å². The standard InChI is InChI=1S/C14H19FN2O3/c1-3-7-17(9-13(18)20-4-2)14(19)11-6-5-10(16)8-12(11)15/h5-6,8H,3-4,7,9,16H2,1-2H3. The van der Waals surface area contributed by atoms with Crippen molar-refractivity contribution >= 4 is 17.6 Å². The number of halogens is 1. The van der Waals surface area contributed by atoms with Gasteiger partial charge < -0.3 is 15.4 Å². The van der Waals surface area contributed by atoms with Crippen molar-refractivity contribution in [2.75, 3.05) is 25.4 Å². The van der Waals surface area contributed by atoms with E-state index in [9.17, 15) is 14.0 Å². The number of carbonyl (C=O) groups excluding carboxylic acids is 2. The van der Waals surface area contributed by atoms with Crippen LogP contribution in [0.5, 0.6) is 0 Å². The van der Waals surface area contributed by atoms with Gasteiger partial charge in [0.2, 0.25) is 0 Å². The summed E-state index contributed by atoms with van der Waals surface area (Å²) in [6, 6.07) is 3.85. The Morgan fingerprint density at radius 2 is 2.05 bits per heavy atom. The molecule has 1 aromatic carbocycles. The van der Waals surface area contributed by atoms with Crippen molar-refractivity contribution in [2.45, 2.75) is 20.3 Å². The van der Waals surface area contributed by atoms with E-state index >= 15 is 0 Å². The summed E-state index contributed by atoms with van der Waals surface area (Å²) in [7, 11) is 0. The van der Waals surface area contributed by atoms with E-state index in [0.29, 0.717) is 13.0 Å². The Morgan fingerprint density at radius 3 is 2.60 bits per heavy atom. The fourth-order valence-electron chi connectivity index (χ4n) is 1.76. The van der Waals surface area contributed by atoms with Crippen LogP contribution in [-0.2, 0) is 9.53 Å². The number of ether oxygens (including phenoxy) is 1. The van der Waals surface area contributed by atoms with Gasteiger partial charge in [0.15, 0.2) is 0 Å². The zero-order chi connectivity index (χ0) is 15.1. The molecule has 110 valence electrons. The van der Waals surface area contributed by atoms with Gasteiger partial charge in [-0.15, -0.1) is 0 Å². The molecule has 20 heavy (non-hydrogen) atoms. The summed E-state index contributed by atoms with van der Waals surface area (Å²) in [4.78, 5) is 25.0. The maximum Gasteiger partial charge on any atom is 0.325 e. The van der Waals surface area contributed by atoms with Crippen LogP contribution in [0.4, 0.5) is 10.1 Å². The van der Waals surface area contributed by atoms with Crippen LogP contribution < -0.4 is 5.73 Å². The molecular weight excluding hydrogens is 263 g/mol. The number of benzene rings is 1. The zero-order valence-electron chi connectivity index (χ0n) is 11.7. The van der Waals surface area contributed by atoms with E-state index < -0.39 is 17.7 Å². The number of rotatable bonds is 6. The van der Waals surface area contributed by atoms with Gasteiger partial charge in [0.1, 0.15) is 12.4 Å². The van der Waals surface area contributed by atoms with E-state index in [2.05, 4.69) is 0 Å². The third-order valence-corrected chi connectivity index (χ3v) is 2.63. The molecule has 0 unspecified atom stereocenters. The highest BCUT2D eigenvalue weighted by atomic mass is 19.1. The molecule has 0 aromatic heterocycles. The highest BCUT2D eigenvalue weighted by Crippen LogP contribution is 2.14. The van der Waals surface area contributed by atoms with Crippen LogP contribution in [0.15, 0.2) is 18.2 Å². The summed E-state index contributed by atoms with van der Waals surface area (Å²) in [5, 5.41) is 0. The topological polar surface area (TPSA) is 72.6 Å². The second-order valence-electron chi connectivity index (χ2n) is 4.27. The Balaban J connectivity index is 2.90. The van der Waals surface area contributed by atoms with Crippen LogP contribution in [0.25, 0.3) is 0 Å². The summed E-state index contributed by atoms with van der Waals surface area (Å²) >= 11 is 0. The van der Waals surface area contributed by atoms with E-state index in [1.54, 1.807) is 6.92 Å². The molecule has 0 aliphatic carbocycles. The van der Waals surface area contributed by atoms with Gasteiger partial charge in [0.05, 0.1) is 12.2 Å². The molecule has 0 aliphatic heterocycles. The number of hydrogen-bond acceptors (Lipinski definition) is 4. The first-order chi connectivity index (χ1) is 9.49. The summed E-state index contributed by atoms with van der Waals surface area (Å²) in [5.74, 6) is -1.75. The smallest absolute Gasteiger partial charge is 0.325 e. The predicted molar refractivity (Wildman–Crippen MR) is 73.6 cm³/mol. The first-order valence-corrected chi connectivity index (χ1v) is 6.49. The monoisotopic (exact) mass is 282 g/mol. The quantitative estimate of drug-likeness (QED) is 0.638. The first kappa shape index (κ1) is 15.9. The Morgan fingerprint density at radius 1 is 1.35 bits per heavy atom. The number of nitrogens with zero attached hydrogens (tertiary/aromatic N) is 1. The van der Waals surface area contributed by atoms with Gasteiger partial charge in [-0.05, 0) is 31.5 Å². The molecule has 1 amide bonds. The molecule has 1 aromatic rings. The van der Waals surface area contributed by atoms with Crippen molar-refractivity contribution in [1.29, 1.82) is 0 Å². The second-order valence-corrected chi connectivity index (χ2v) is 4.27. The Bertz CT molecular complexity index is 491. The van der Waals surface area contributed by atoms with Crippen LogP contribution in [0.1, 0.15) is 30.6 Å². The highest BCUT2D eigenvalue weighted by molar-refractivity contribution is 5.96. The molecule has 0 saturated carbocycles. The van der Waals surface area contributed by atoms with Crippen molar-refractivity contribution in [2.24, 2.45) is 0 Å². The summed E-state index contributed by atoms with van der Waals surface area (Å²) < 4.78 is 18.6. The fourth-order valence-corrected chi connectivity index (χ4v) is 1.76. The summed E-state index contributed by atoms with van der Waals surface area (Å²) in [6.07, 6.45) is 0.655. The van der Waals surface area contributed by atoms with Crippen LogP contribution >= 0.6 is 0 Å². The summed E-state index contributed by atoms with van der Waals surface area (Å²) in [5.41, 5.74) is 5.59. The average Bonchev–Trinajstić information content (AvgIpc) is 2.38. The van der Waals surface area contributed by atoms with Crippen molar-refractivity contribution in [3.8, 4) is 0 Å². The Labute approximate surface area is 117 Å². The van der Waals surface area contributed by atoms with E-state index in [-0.39, 0.29) is 24.4 Å².